The molecule has 1 aliphatic rings. The van der Waals surface area contributed by atoms with Gasteiger partial charge in [-0.2, -0.15) is 0 Å². The van der Waals surface area contributed by atoms with E-state index >= 15 is 0 Å². The van der Waals surface area contributed by atoms with Gasteiger partial charge in [0.1, 0.15) is 0 Å². The van der Waals surface area contributed by atoms with Gasteiger partial charge in [-0.1, -0.05) is 20.3 Å². The molecule has 1 rings (SSSR count). The highest BCUT2D eigenvalue weighted by atomic mass is 127. The zero-order chi connectivity index (χ0) is 17.0. The molecule has 0 radical (unpaired) electrons. The molecular weight excluding hydrogens is 417 g/mol. The number of nitrogens with one attached hydrogen (secondary N) is 1. The van der Waals surface area contributed by atoms with E-state index in [0.29, 0.717) is 18.6 Å². The summed E-state index contributed by atoms with van der Waals surface area (Å²) in [5.41, 5.74) is 0.444. The molecule has 144 valence electrons. The first-order chi connectivity index (χ1) is 11.1. The van der Waals surface area contributed by atoms with E-state index in [4.69, 9.17) is 9.47 Å². The second-order valence-corrected chi connectivity index (χ2v) is 6.87. The SMILES string of the molecule is CCCC1(C)CCCN(C(=NC)NCCCCOCCOC)C1.I. The molecule has 0 saturated carbocycles. The molecule has 24 heavy (non-hydrogen) atoms. The maximum Gasteiger partial charge on any atom is 0.193 e. The van der Waals surface area contributed by atoms with Crippen LogP contribution in [0.15, 0.2) is 4.99 Å². The van der Waals surface area contributed by atoms with Crippen LogP contribution in [0.2, 0.25) is 0 Å². The third-order valence-electron chi connectivity index (χ3n) is 4.58. The number of ether oxygens (including phenoxy) is 2. The van der Waals surface area contributed by atoms with Crippen LogP contribution in [0.1, 0.15) is 52.4 Å². The summed E-state index contributed by atoms with van der Waals surface area (Å²) >= 11 is 0. The fourth-order valence-electron chi connectivity index (χ4n) is 3.41. The van der Waals surface area contributed by atoms with Gasteiger partial charge in [-0.25, -0.2) is 0 Å². The lowest BCUT2D eigenvalue weighted by atomic mass is 9.78. The number of aliphatic imine (C=N–C) groups is 1. The molecule has 1 saturated heterocycles. The van der Waals surface area contributed by atoms with Crippen molar-refractivity contribution in [3.8, 4) is 0 Å². The zero-order valence-electron chi connectivity index (χ0n) is 16.1. The number of methoxy groups -OCH3 is 1. The molecule has 0 spiro atoms. The third-order valence-corrected chi connectivity index (χ3v) is 4.58. The second kappa shape index (κ2) is 14.1. The van der Waals surface area contributed by atoms with Crippen LogP contribution < -0.4 is 5.32 Å². The number of likely N-dealkylation sites (tertiary alicyclic amines) is 1. The highest BCUT2D eigenvalue weighted by Gasteiger charge is 2.31. The molecule has 0 bridgehead atoms. The minimum absolute atomic E-state index is 0. The van der Waals surface area contributed by atoms with Crippen LogP contribution in [0.25, 0.3) is 0 Å². The first kappa shape index (κ1) is 23.9. The fourth-order valence-corrected chi connectivity index (χ4v) is 3.41. The lowest BCUT2D eigenvalue weighted by Gasteiger charge is -2.42. The summed E-state index contributed by atoms with van der Waals surface area (Å²) in [5, 5.41) is 3.52. The van der Waals surface area contributed by atoms with Crippen LogP contribution in [-0.2, 0) is 9.47 Å². The lowest BCUT2D eigenvalue weighted by Crippen LogP contribution is -2.50. The Morgan fingerprint density at radius 3 is 2.71 bits per heavy atom. The van der Waals surface area contributed by atoms with Gasteiger partial charge in [0.15, 0.2) is 5.96 Å². The molecule has 1 N–H and O–H groups in total. The van der Waals surface area contributed by atoms with Gasteiger partial charge in [0.25, 0.3) is 0 Å². The standard InChI is InChI=1S/C18H37N3O2.HI/c1-5-9-18(2)10-8-12-21(16-18)17(19-3)20-11-6-7-13-23-15-14-22-4;/h5-16H2,1-4H3,(H,19,20);1H. The molecule has 1 atom stereocenters. The van der Waals surface area contributed by atoms with Gasteiger partial charge in [-0.15, -0.1) is 24.0 Å². The van der Waals surface area contributed by atoms with Crippen molar-refractivity contribution in [2.45, 2.75) is 52.4 Å². The summed E-state index contributed by atoms with van der Waals surface area (Å²) in [6.45, 7) is 10.1. The Bertz CT molecular complexity index is 338. The van der Waals surface area contributed by atoms with Gasteiger partial charge in [0.2, 0.25) is 0 Å². The average molecular weight is 455 g/mol. The van der Waals surface area contributed by atoms with E-state index in [1.54, 1.807) is 7.11 Å². The van der Waals surface area contributed by atoms with Crippen molar-refractivity contribution < 1.29 is 9.47 Å². The van der Waals surface area contributed by atoms with Crippen molar-refractivity contribution in [3.63, 3.8) is 0 Å². The number of hydrogen-bond acceptors (Lipinski definition) is 3. The Morgan fingerprint density at radius 2 is 2.04 bits per heavy atom. The minimum Gasteiger partial charge on any atom is -0.382 e. The average Bonchev–Trinajstić information content (AvgIpc) is 2.53. The van der Waals surface area contributed by atoms with Crippen molar-refractivity contribution in [1.29, 1.82) is 0 Å². The number of rotatable bonds is 10. The van der Waals surface area contributed by atoms with Crippen molar-refractivity contribution in [1.82, 2.24) is 10.2 Å². The predicted molar refractivity (Wildman–Crippen MR) is 113 cm³/mol. The van der Waals surface area contributed by atoms with Gasteiger partial charge in [-0.05, 0) is 37.5 Å². The Labute approximate surface area is 166 Å². The van der Waals surface area contributed by atoms with Crippen LogP contribution in [0.5, 0.6) is 0 Å². The van der Waals surface area contributed by atoms with Crippen LogP contribution in [0.3, 0.4) is 0 Å². The maximum atomic E-state index is 5.48. The van der Waals surface area contributed by atoms with Gasteiger partial charge in [-0.3, -0.25) is 4.99 Å². The van der Waals surface area contributed by atoms with Crippen molar-refractivity contribution in [2.75, 3.05) is 53.6 Å². The van der Waals surface area contributed by atoms with Crippen LogP contribution in [0.4, 0.5) is 0 Å². The molecular formula is C18H38IN3O2. The summed E-state index contributed by atoms with van der Waals surface area (Å²) in [4.78, 5) is 6.92. The number of hydrogen-bond donors (Lipinski definition) is 1. The first-order valence-corrected chi connectivity index (χ1v) is 9.17. The summed E-state index contributed by atoms with van der Waals surface area (Å²) in [6, 6.07) is 0. The summed E-state index contributed by atoms with van der Waals surface area (Å²) in [6.07, 6.45) is 7.35. The summed E-state index contributed by atoms with van der Waals surface area (Å²) in [5.74, 6) is 1.06. The molecule has 0 amide bonds. The number of nitrogens with zero attached hydrogens (tertiary/aromatic N) is 2. The Hall–Kier alpha value is -0.0800. The summed E-state index contributed by atoms with van der Waals surface area (Å²) in [7, 11) is 3.59. The van der Waals surface area contributed by atoms with E-state index in [1.165, 1.54) is 25.7 Å². The van der Waals surface area contributed by atoms with Crippen molar-refractivity contribution in [3.05, 3.63) is 0 Å². The van der Waals surface area contributed by atoms with Gasteiger partial charge in [0.05, 0.1) is 13.2 Å². The topological polar surface area (TPSA) is 46.1 Å². The minimum atomic E-state index is 0. The quantitative estimate of drug-likeness (QED) is 0.237. The van der Waals surface area contributed by atoms with E-state index in [9.17, 15) is 0 Å². The Kier molecular flexibility index (Phi) is 14.1. The number of halogens is 1. The molecule has 5 nitrogen and oxygen atoms in total. The second-order valence-electron chi connectivity index (χ2n) is 6.87. The van der Waals surface area contributed by atoms with Crippen LogP contribution >= 0.6 is 24.0 Å². The molecule has 0 aromatic rings. The first-order valence-electron chi connectivity index (χ1n) is 9.17. The number of piperidine rings is 1. The molecule has 1 unspecified atom stereocenters. The third kappa shape index (κ3) is 9.42. The highest BCUT2D eigenvalue weighted by Crippen LogP contribution is 2.33. The fraction of sp³-hybridized carbons (Fsp3) is 0.944. The monoisotopic (exact) mass is 455 g/mol. The molecule has 1 aliphatic heterocycles. The van der Waals surface area contributed by atoms with Crippen molar-refractivity contribution >= 4 is 29.9 Å². The van der Waals surface area contributed by atoms with E-state index in [-0.39, 0.29) is 24.0 Å². The van der Waals surface area contributed by atoms with E-state index in [2.05, 4.69) is 29.1 Å². The molecule has 1 heterocycles. The van der Waals surface area contributed by atoms with Gasteiger partial charge >= 0.3 is 0 Å². The number of guanidine groups is 1. The smallest absolute Gasteiger partial charge is 0.193 e. The van der Waals surface area contributed by atoms with E-state index in [0.717, 1.165) is 45.0 Å². The normalized spacial score (nSPS) is 21.5. The Balaban J connectivity index is 0.00000529. The largest absolute Gasteiger partial charge is 0.382 e. The molecule has 6 heteroatoms. The lowest BCUT2D eigenvalue weighted by molar-refractivity contribution is 0.0689. The Morgan fingerprint density at radius 1 is 1.25 bits per heavy atom. The summed E-state index contributed by atoms with van der Waals surface area (Å²) < 4.78 is 10.4. The molecule has 0 aromatic heterocycles. The van der Waals surface area contributed by atoms with Gasteiger partial charge < -0.3 is 19.7 Å². The molecule has 0 aromatic carbocycles. The van der Waals surface area contributed by atoms with E-state index < -0.39 is 0 Å². The van der Waals surface area contributed by atoms with Crippen LogP contribution in [0, 0.1) is 5.41 Å². The maximum absolute atomic E-state index is 5.48. The van der Waals surface area contributed by atoms with Gasteiger partial charge in [0, 0.05) is 40.4 Å². The van der Waals surface area contributed by atoms with E-state index in [1.807, 2.05) is 7.05 Å². The highest BCUT2D eigenvalue weighted by molar-refractivity contribution is 14.0. The zero-order valence-corrected chi connectivity index (χ0v) is 18.4. The van der Waals surface area contributed by atoms with Crippen LogP contribution in [-0.4, -0.2) is 64.5 Å². The predicted octanol–water partition coefficient (Wildman–Crippen LogP) is 3.53. The molecule has 1 fully saturated rings. The van der Waals surface area contributed by atoms with Crippen molar-refractivity contribution in [2.24, 2.45) is 10.4 Å². The molecule has 0 aliphatic carbocycles. The number of unbranched alkanes of at least 4 members (excludes halogenated alkanes) is 1.